The molecule has 4 fully saturated rings. The first kappa shape index (κ1) is 18.6. The molecule has 1 amide bonds. The van der Waals surface area contributed by atoms with Crippen LogP contribution in [0, 0.1) is 16.7 Å². The SMILES string of the molecule is CCC12CC3CC(O)(C1)CC(C(=O)NCCCc1nc4ccccc4s1)(C3)C2. The Bertz CT molecular complexity index is 878. The molecule has 1 aromatic heterocycles. The molecule has 2 aromatic rings. The molecule has 2 N–H and O–H groups in total. The number of carbonyl (C=O) groups is 1. The first-order valence-electron chi connectivity index (χ1n) is 10.8. The number of rotatable bonds is 6. The minimum Gasteiger partial charge on any atom is -0.390 e. The monoisotopic (exact) mass is 398 g/mol. The molecule has 0 saturated heterocycles. The molecule has 4 atom stereocenters. The summed E-state index contributed by atoms with van der Waals surface area (Å²) in [5.74, 6) is 0.715. The number of nitrogens with one attached hydrogen (secondary N) is 1. The molecule has 5 heteroatoms. The van der Waals surface area contributed by atoms with E-state index >= 15 is 0 Å². The van der Waals surface area contributed by atoms with Gasteiger partial charge < -0.3 is 10.4 Å². The van der Waals surface area contributed by atoms with E-state index in [9.17, 15) is 9.90 Å². The van der Waals surface area contributed by atoms with E-state index in [-0.39, 0.29) is 16.7 Å². The predicted octanol–water partition coefficient (Wildman–Crippen LogP) is 4.46. The van der Waals surface area contributed by atoms with E-state index in [4.69, 9.17) is 0 Å². The third-order valence-electron chi connectivity index (χ3n) is 7.58. The normalized spacial score (nSPS) is 36.1. The molecule has 4 saturated carbocycles. The Morgan fingerprint density at radius 1 is 1.25 bits per heavy atom. The van der Waals surface area contributed by atoms with Crippen molar-refractivity contribution in [2.45, 2.75) is 70.3 Å². The van der Waals surface area contributed by atoms with Gasteiger partial charge in [-0.2, -0.15) is 0 Å². The van der Waals surface area contributed by atoms with Crippen molar-refractivity contribution in [2.24, 2.45) is 16.7 Å². The fourth-order valence-corrected chi connectivity index (χ4v) is 7.90. The lowest BCUT2D eigenvalue weighted by Gasteiger charge is -2.64. The van der Waals surface area contributed by atoms with Crippen LogP contribution in [0.4, 0.5) is 0 Å². The van der Waals surface area contributed by atoms with Gasteiger partial charge in [0.15, 0.2) is 0 Å². The maximum absolute atomic E-state index is 13.2. The maximum atomic E-state index is 13.2. The van der Waals surface area contributed by atoms with Crippen molar-refractivity contribution in [3.8, 4) is 0 Å². The van der Waals surface area contributed by atoms with Gasteiger partial charge in [0.05, 0.1) is 26.2 Å². The first-order chi connectivity index (χ1) is 13.4. The van der Waals surface area contributed by atoms with Gasteiger partial charge in [0.25, 0.3) is 0 Å². The number of aliphatic hydroxyl groups is 1. The Hall–Kier alpha value is -1.46. The second-order valence-corrected chi connectivity index (χ2v) is 10.9. The summed E-state index contributed by atoms with van der Waals surface area (Å²) in [6, 6.07) is 8.24. The average molecular weight is 399 g/mol. The molecule has 4 aliphatic carbocycles. The Balaban J connectivity index is 1.21. The van der Waals surface area contributed by atoms with Gasteiger partial charge in [-0.1, -0.05) is 25.5 Å². The van der Waals surface area contributed by atoms with Crippen LogP contribution in [-0.2, 0) is 11.2 Å². The Morgan fingerprint density at radius 3 is 2.89 bits per heavy atom. The average Bonchev–Trinajstić information content (AvgIpc) is 3.06. The molecule has 0 radical (unpaired) electrons. The minimum absolute atomic E-state index is 0.187. The van der Waals surface area contributed by atoms with E-state index in [1.165, 1.54) is 11.1 Å². The highest BCUT2D eigenvalue weighted by molar-refractivity contribution is 7.18. The lowest BCUT2D eigenvalue weighted by atomic mass is 9.42. The predicted molar refractivity (Wildman–Crippen MR) is 112 cm³/mol. The number of hydrogen-bond acceptors (Lipinski definition) is 4. The van der Waals surface area contributed by atoms with Gasteiger partial charge in [0.2, 0.25) is 5.91 Å². The van der Waals surface area contributed by atoms with E-state index in [0.29, 0.717) is 18.9 Å². The number of aromatic nitrogens is 1. The number of thiazole rings is 1. The Morgan fingerprint density at radius 2 is 2.11 bits per heavy atom. The second-order valence-electron chi connectivity index (χ2n) is 9.80. The molecule has 150 valence electrons. The zero-order valence-electron chi connectivity index (χ0n) is 16.7. The molecule has 4 nitrogen and oxygen atoms in total. The highest BCUT2D eigenvalue weighted by Gasteiger charge is 2.64. The van der Waals surface area contributed by atoms with Crippen molar-refractivity contribution in [2.75, 3.05) is 6.54 Å². The fraction of sp³-hybridized carbons (Fsp3) is 0.652. The molecule has 4 bridgehead atoms. The van der Waals surface area contributed by atoms with Gasteiger partial charge in [0, 0.05) is 13.0 Å². The van der Waals surface area contributed by atoms with Crippen LogP contribution in [-0.4, -0.2) is 28.1 Å². The number of benzene rings is 1. The zero-order chi connectivity index (χ0) is 19.4. The van der Waals surface area contributed by atoms with Crippen molar-refractivity contribution in [3.63, 3.8) is 0 Å². The number of hydrogen-bond donors (Lipinski definition) is 2. The molecular formula is C23H30N2O2S. The number of aryl methyl sites for hydroxylation is 1. The third kappa shape index (κ3) is 3.07. The summed E-state index contributed by atoms with van der Waals surface area (Å²) < 4.78 is 1.23. The van der Waals surface area contributed by atoms with Crippen LogP contribution >= 0.6 is 11.3 Å². The van der Waals surface area contributed by atoms with Gasteiger partial charge in [-0.25, -0.2) is 4.98 Å². The molecule has 1 aromatic carbocycles. The summed E-state index contributed by atoms with van der Waals surface area (Å²) in [6.07, 6.45) is 8.52. The molecule has 28 heavy (non-hydrogen) atoms. The van der Waals surface area contributed by atoms with Crippen molar-refractivity contribution in [3.05, 3.63) is 29.3 Å². The van der Waals surface area contributed by atoms with Crippen LogP contribution in [0.1, 0.15) is 63.3 Å². The van der Waals surface area contributed by atoms with Gasteiger partial charge in [-0.15, -0.1) is 11.3 Å². The van der Waals surface area contributed by atoms with Gasteiger partial charge in [-0.05, 0) is 68.4 Å². The maximum Gasteiger partial charge on any atom is 0.226 e. The Labute approximate surface area is 170 Å². The fourth-order valence-electron chi connectivity index (χ4n) is 6.89. The minimum atomic E-state index is -0.603. The molecule has 4 aliphatic rings. The van der Waals surface area contributed by atoms with Crippen LogP contribution in [0.25, 0.3) is 10.2 Å². The van der Waals surface area contributed by atoms with E-state index < -0.39 is 5.60 Å². The van der Waals surface area contributed by atoms with Crippen molar-refractivity contribution in [1.82, 2.24) is 10.3 Å². The molecule has 1 heterocycles. The van der Waals surface area contributed by atoms with Gasteiger partial charge in [0.1, 0.15) is 0 Å². The largest absolute Gasteiger partial charge is 0.390 e. The summed E-state index contributed by atoms with van der Waals surface area (Å²) in [6.45, 7) is 2.93. The summed E-state index contributed by atoms with van der Waals surface area (Å²) in [4.78, 5) is 17.9. The number of carbonyl (C=O) groups excluding carboxylic acids is 1. The number of fused-ring (bicyclic) bond motifs is 1. The number of nitrogens with zero attached hydrogens (tertiary/aromatic N) is 1. The van der Waals surface area contributed by atoms with Crippen LogP contribution in [0.2, 0.25) is 0 Å². The van der Waals surface area contributed by atoms with Gasteiger partial charge >= 0.3 is 0 Å². The summed E-state index contributed by atoms with van der Waals surface area (Å²) in [5.41, 5.74) is 0.318. The lowest BCUT2D eigenvalue weighted by molar-refractivity contribution is -0.204. The highest BCUT2D eigenvalue weighted by Crippen LogP contribution is 2.67. The van der Waals surface area contributed by atoms with E-state index in [1.54, 1.807) is 11.3 Å². The summed E-state index contributed by atoms with van der Waals surface area (Å²) in [5, 5.41) is 15.5. The van der Waals surface area contributed by atoms with Crippen LogP contribution in [0.15, 0.2) is 24.3 Å². The number of para-hydroxylation sites is 1. The van der Waals surface area contributed by atoms with Crippen molar-refractivity contribution < 1.29 is 9.90 Å². The summed E-state index contributed by atoms with van der Waals surface area (Å²) >= 11 is 1.75. The quantitative estimate of drug-likeness (QED) is 0.707. The molecule has 0 aliphatic heterocycles. The lowest BCUT2D eigenvalue weighted by Crippen LogP contribution is -2.63. The smallest absolute Gasteiger partial charge is 0.226 e. The zero-order valence-corrected chi connectivity index (χ0v) is 17.5. The second kappa shape index (κ2) is 6.53. The molecular weight excluding hydrogens is 368 g/mol. The highest BCUT2D eigenvalue weighted by atomic mass is 32.1. The molecule has 4 unspecified atom stereocenters. The summed E-state index contributed by atoms with van der Waals surface area (Å²) in [7, 11) is 0. The van der Waals surface area contributed by atoms with Crippen LogP contribution in [0.3, 0.4) is 0 Å². The Kier molecular flexibility index (Phi) is 4.33. The molecule has 6 rings (SSSR count). The third-order valence-corrected chi connectivity index (χ3v) is 8.67. The van der Waals surface area contributed by atoms with Gasteiger partial charge in [-0.3, -0.25) is 4.79 Å². The van der Waals surface area contributed by atoms with Crippen LogP contribution in [0.5, 0.6) is 0 Å². The van der Waals surface area contributed by atoms with Crippen molar-refractivity contribution >= 4 is 27.5 Å². The molecule has 0 spiro atoms. The first-order valence-corrected chi connectivity index (χ1v) is 11.6. The van der Waals surface area contributed by atoms with E-state index in [0.717, 1.165) is 55.5 Å². The topological polar surface area (TPSA) is 62.2 Å². The van der Waals surface area contributed by atoms with Crippen molar-refractivity contribution in [1.29, 1.82) is 0 Å². The van der Waals surface area contributed by atoms with Crippen LogP contribution < -0.4 is 5.32 Å². The number of amides is 1. The van der Waals surface area contributed by atoms with E-state index in [1.807, 2.05) is 12.1 Å². The standard InChI is InChI=1S/C23H30N2O2S/c1-2-21-10-16-11-22(13-21,15-23(27,12-16)14-21)20(26)24-9-5-8-19-25-17-6-3-4-7-18(17)28-19/h3-4,6-7,16,27H,2,5,8-15H2,1H3,(H,24,26). The van der Waals surface area contributed by atoms with E-state index in [2.05, 4.69) is 29.4 Å².